The molecule has 3 fully saturated rings. The maximum absolute atomic E-state index is 13.9. The quantitative estimate of drug-likeness (QED) is 0.559. The number of nitrogens with zero attached hydrogens (tertiary/aromatic N) is 4. The van der Waals surface area contributed by atoms with Crippen molar-refractivity contribution in [2.24, 2.45) is 11.8 Å². The topological polar surface area (TPSA) is 111 Å². The van der Waals surface area contributed by atoms with E-state index < -0.39 is 22.2 Å². The predicted molar refractivity (Wildman–Crippen MR) is 146 cm³/mol. The van der Waals surface area contributed by atoms with Gasteiger partial charge < -0.3 is 20.4 Å². The second-order valence-corrected chi connectivity index (χ2v) is 14.2. The van der Waals surface area contributed by atoms with Crippen molar-refractivity contribution in [3.63, 3.8) is 0 Å². The van der Waals surface area contributed by atoms with Gasteiger partial charge in [-0.1, -0.05) is 0 Å². The van der Waals surface area contributed by atoms with Crippen molar-refractivity contribution in [1.29, 1.82) is 0 Å². The van der Waals surface area contributed by atoms with Crippen LogP contribution in [-0.4, -0.2) is 106 Å². The molecule has 10 heteroatoms. The normalized spacial score (nSPS) is 28.4. The summed E-state index contributed by atoms with van der Waals surface area (Å²) in [7, 11) is 0. The van der Waals surface area contributed by atoms with Crippen LogP contribution < -0.4 is 10.6 Å². The molecule has 3 rings (SSSR count). The first-order valence-corrected chi connectivity index (χ1v) is 14.4. The minimum atomic E-state index is -0.615. The molecule has 2 N–H and O–H groups in total. The molecule has 2 amide bonds. The first kappa shape index (κ1) is 31.2. The highest BCUT2D eigenvalue weighted by Crippen LogP contribution is 2.42. The number of hydroxylamine groups is 4. The summed E-state index contributed by atoms with van der Waals surface area (Å²) in [6.45, 7) is 20.3. The number of hydrogen-bond acceptors (Lipinski definition) is 6. The van der Waals surface area contributed by atoms with E-state index in [1.165, 1.54) is 0 Å². The third-order valence-electron chi connectivity index (χ3n) is 8.74. The highest BCUT2D eigenvalue weighted by molar-refractivity contribution is 5.80. The largest absolute Gasteiger partial charge is 0.339 e. The van der Waals surface area contributed by atoms with Crippen LogP contribution in [0.1, 0.15) is 81.1 Å². The molecule has 2 radical (unpaired) electrons. The second-order valence-electron chi connectivity index (χ2n) is 14.2. The SMILES string of the molecule is CC1(C)CC(C(=O)N2CCNCCNCCN(C(=O)C3CC(C)(C)N([O])C(C)(C)C3)CC2)CC(C)(C)N1[O]. The second kappa shape index (κ2) is 11.7. The Bertz CT molecular complexity index is 741. The summed E-state index contributed by atoms with van der Waals surface area (Å²) >= 11 is 0. The molecular weight excluding hydrogens is 484 g/mol. The van der Waals surface area contributed by atoms with Crippen molar-refractivity contribution >= 4 is 11.8 Å². The van der Waals surface area contributed by atoms with E-state index in [1.807, 2.05) is 65.2 Å². The average Bonchev–Trinajstić information content (AvgIpc) is 2.79. The minimum absolute atomic E-state index is 0.0746. The van der Waals surface area contributed by atoms with Crippen LogP contribution in [-0.2, 0) is 20.0 Å². The van der Waals surface area contributed by atoms with E-state index in [9.17, 15) is 20.0 Å². The molecule has 0 saturated carbocycles. The molecule has 3 heterocycles. The summed E-state index contributed by atoms with van der Waals surface area (Å²) in [4.78, 5) is 31.5. The van der Waals surface area contributed by atoms with E-state index in [2.05, 4.69) is 10.6 Å². The Morgan fingerprint density at radius 3 is 1.11 bits per heavy atom. The van der Waals surface area contributed by atoms with Gasteiger partial charge in [-0.2, -0.15) is 0 Å². The van der Waals surface area contributed by atoms with Crippen molar-refractivity contribution in [1.82, 2.24) is 30.6 Å². The average molecular weight is 537 g/mol. The monoisotopic (exact) mass is 536 g/mol. The number of nitrogens with one attached hydrogen (secondary N) is 2. The minimum Gasteiger partial charge on any atom is -0.339 e. The number of hydrogen-bond donors (Lipinski definition) is 2. The maximum Gasteiger partial charge on any atom is 0.225 e. The summed E-state index contributed by atoms with van der Waals surface area (Å²) in [6.07, 6.45) is 2.08. The number of amides is 2. The zero-order chi connectivity index (χ0) is 28.5. The van der Waals surface area contributed by atoms with Crippen LogP contribution in [0.15, 0.2) is 0 Å². The zero-order valence-corrected chi connectivity index (χ0v) is 25.1. The highest BCUT2D eigenvalue weighted by Gasteiger charge is 2.50. The molecule has 0 atom stereocenters. The van der Waals surface area contributed by atoms with Gasteiger partial charge in [0.2, 0.25) is 11.8 Å². The number of piperidine rings is 2. The van der Waals surface area contributed by atoms with Crippen molar-refractivity contribution < 1.29 is 20.0 Å². The van der Waals surface area contributed by atoms with Crippen molar-refractivity contribution in [3.8, 4) is 0 Å². The molecule has 0 bridgehead atoms. The Morgan fingerprint density at radius 2 is 0.816 bits per heavy atom. The predicted octanol–water partition coefficient (Wildman–Crippen LogP) is 2.07. The lowest BCUT2D eigenvalue weighted by atomic mass is 9.74. The lowest BCUT2D eigenvalue weighted by molar-refractivity contribution is -0.293. The van der Waals surface area contributed by atoms with Crippen LogP contribution in [0.4, 0.5) is 0 Å². The molecule has 0 aromatic heterocycles. The molecule has 0 aliphatic carbocycles. The van der Waals surface area contributed by atoms with E-state index >= 15 is 0 Å². The van der Waals surface area contributed by atoms with Crippen LogP contribution in [0.3, 0.4) is 0 Å². The number of rotatable bonds is 2. The van der Waals surface area contributed by atoms with E-state index in [-0.39, 0.29) is 23.7 Å². The first-order chi connectivity index (χ1) is 17.5. The standard InChI is InChI=1S/C28H52N6O4/c1-25(2)17-21(18-26(3,4)33(25)37)23(35)31-13-11-29-9-10-30-12-14-32(16-15-31)24(36)22-19-27(5,6)34(38)28(7,8)20-22/h21-22,29-30H,9-20H2,1-8H3. The summed E-state index contributed by atoms with van der Waals surface area (Å²) < 4.78 is 0. The van der Waals surface area contributed by atoms with E-state index in [0.29, 0.717) is 65.0 Å². The Balaban J connectivity index is 1.77. The Hall–Kier alpha value is -1.30. The summed E-state index contributed by atoms with van der Waals surface area (Å²) in [5.41, 5.74) is -2.46. The third kappa shape index (κ3) is 7.06. The maximum atomic E-state index is 13.9. The van der Waals surface area contributed by atoms with Gasteiger partial charge in [-0.15, -0.1) is 20.5 Å². The molecule has 3 aliphatic heterocycles. The van der Waals surface area contributed by atoms with Gasteiger partial charge >= 0.3 is 0 Å². The fraction of sp³-hybridized carbons (Fsp3) is 0.929. The van der Waals surface area contributed by atoms with Crippen molar-refractivity contribution in [2.45, 2.75) is 103 Å². The lowest BCUT2D eigenvalue weighted by Crippen LogP contribution is -2.61. The Labute approximate surface area is 230 Å². The van der Waals surface area contributed by atoms with Gasteiger partial charge in [-0.05, 0) is 81.1 Å². The smallest absolute Gasteiger partial charge is 0.225 e. The zero-order valence-electron chi connectivity index (χ0n) is 25.1. The molecule has 10 nitrogen and oxygen atoms in total. The number of carbonyl (C=O) groups is 2. The molecule has 38 heavy (non-hydrogen) atoms. The van der Waals surface area contributed by atoms with Gasteiger partial charge in [0.05, 0.1) is 0 Å². The van der Waals surface area contributed by atoms with Gasteiger partial charge in [-0.25, -0.2) is 0 Å². The molecule has 218 valence electrons. The molecular formula is C28H52N6O4. The molecule has 0 spiro atoms. The summed E-state index contributed by atoms with van der Waals surface area (Å²) in [5, 5.41) is 34.8. The van der Waals surface area contributed by atoms with E-state index in [0.717, 1.165) is 23.2 Å². The fourth-order valence-corrected chi connectivity index (χ4v) is 7.15. The molecule has 3 aliphatic rings. The van der Waals surface area contributed by atoms with Crippen LogP contribution in [0.5, 0.6) is 0 Å². The van der Waals surface area contributed by atoms with Crippen molar-refractivity contribution in [3.05, 3.63) is 0 Å². The van der Waals surface area contributed by atoms with Crippen molar-refractivity contribution in [2.75, 3.05) is 52.4 Å². The van der Waals surface area contributed by atoms with Crippen LogP contribution in [0, 0.1) is 11.8 Å². The molecule has 3 saturated heterocycles. The van der Waals surface area contributed by atoms with Crippen LogP contribution >= 0.6 is 0 Å². The van der Waals surface area contributed by atoms with Gasteiger partial charge in [0.25, 0.3) is 0 Å². The van der Waals surface area contributed by atoms with E-state index in [1.54, 1.807) is 0 Å². The Morgan fingerprint density at radius 1 is 0.526 bits per heavy atom. The van der Waals surface area contributed by atoms with Gasteiger partial charge in [-0.3, -0.25) is 9.59 Å². The van der Waals surface area contributed by atoms with Crippen LogP contribution in [0.25, 0.3) is 0 Å². The summed E-state index contributed by atoms with van der Waals surface area (Å²) in [5.74, 6) is -0.310. The van der Waals surface area contributed by atoms with E-state index in [4.69, 9.17) is 0 Å². The van der Waals surface area contributed by atoms with Gasteiger partial charge in [0.15, 0.2) is 0 Å². The molecule has 0 aromatic rings. The third-order valence-corrected chi connectivity index (χ3v) is 8.74. The molecule has 0 aromatic carbocycles. The highest BCUT2D eigenvalue weighted by atomic mass is 16.5. The number of carbonyl (C=O) groups excluding carboxylic acids is 2. The Kier molecular flexibility index (Phi) is 9.59. The van der Waals surface area contributed by atoms with Crippen LogP contribution in [0.2, 0.25) is 0 Å². The molecule has 0 unspecified atom stereocenters. The van der Waals surface area contributed by atoms with Gasteiger partial charge in [0, 0.05) is 86.3 Å². The first-order valence-electron chi connectivity index (χ1n) is 14.4. The van der Waals surface area contributed by atoms with Gasteiger partial charge in [0.1, 0.15) is 0 Å². The lowest BCUT2D eigenvalue weighted by Gasteiger charge is -2.50. The fourth-order valence-electron chi connectivity index (χ4n) is 7.15. The summed E-state index contributed by atoms with van der Waals surface area (Å²) in [6, 6.07) is 0.